The van der Waals surface area contributed by atoms with E-state index in [4.69, 9.17) is 11.6 Å². The monoisotopic (exact) mass is 253 g/mol. The first kappa shape index (κ1) is 11.6. The van der Waals surface area contributed by atoms with Gasteiger partial charge in [-0.05, 0) is 30.5 Å². The number of benzene rings is 1. The largest absolute Gasteiger partial charge is 0.363 e. The van der Waals surface area contributed by atoms with Gasteiger partial charge >= 0.3 is 0 Å². The van der Waals surface area contributed by atoms with E-state index in [1.165, 1.54) is 0 Å². The van der Waals surface area contributed by atoms with Gasteiger partial charge in [0.2, 0.25) is 0 Å². The van der Waals surface area contributed by atoms with Gasteiger partial charge in [0, 0.05) is 29.8 Å². The predicted molar refractivity (Wildman–Crippen MR) is 69.0 cm³/mol. The van der Waals surface area contributed by atoms with Gasteiger partial charge in [-0.15, -0.1) is 11.8 Å². The zero-order valence-corrected chi connectivity index (χ0v) is 10.5. The lowest BCUT2D eigenvalue weighted by atomic mass is 10.1. The molecule has 0 bridgehead atoms. The number of allylic oxidation sites excluding steroid dienone is 1. The fourth-order valence-electron chi connectivity index (χ4n) is 1.36. The third-order valence-electron chi connectivity index (χ3n) is 2.35. The predicted octanol–water partition coefficient (Wildman–Crippen LogP) is 3.04. The Morgan fingerprint density at radius 3 is 2.50 bits per heavy atom. The van der Waals surface area contributed by atoms with Crippen LogP contribution in [0.25, 0.3) is 0 Å². The first-order valence-electron chi connectivity index (χ1n) is 5.01. The Labute approximate surface area is 104 Å². The Balaban J connectivity index is 2.15. The second kappa shape index (κ2) is 4.93. The van der Waals surface area contributed by atoms with Gasteiger partial charge < -0.3 is 4.90 Å². The third kappa shape index (κ3) is 2.80. The summed E-state index contributed by atoms with van der Waals surface area (Å²) in [6, 6.07) is 6.97. The molecule has 0 saturated carbocycles. The van der Waals surface area contributed by atoms with Crippen molar-refractivity contribution in [2.45, 2.75) is 0 Å². The fourth-order valence-corrected chi connectivity index (χ4v) is 2.15. The van der Waals surface area contributed by atoms with Crippen molar-refractivity contribution < 1.29 is 4.79 Å². The molecule has 0 aliphatic carbocycles. The van der Waals surface area contributed by atoms with Crippen molar-refractivity contribution in [2.24, 2.45) is 0 Å². The number of carbonyl (C=O) groups is 1. The highest BCUT2D eigenvalue weighted by Gasteiger charge is 2.20. The maximum Gasteiger partial charge on any atom is 0.188 e. The van der Waals surface area contributed by atoms with Crippen molar-refractivity contribution in [1.82, 2.24) is 4.90 Å². The van der Waals surface area contributed by atoms with Gasteiger partial charge in [-0.3, -0.25) is 4.79 Å². The van der Waals surface area contributed by atoms with Crippen LogP contribution in [0.15, 0.2) is 35.4 Å². The van der Waals surface area contributed by atoms with Crippen LogP contribution in [0.2, 0.25) is 5.02 Å². The molecule has 0 amide bonds. The molecule has 1 fully saturated rings. The zero-order valence-electron chi connectivity index (χ0n) is 8.94. The van der Waals surface area contributed by atoms with Crippen molar-refractivity contribution in [2.75, 3.05) is 19.3 Å². The Kier molecular flexibility index (Phi) is 3.56. The summed E-state index contributed by atoms with van der Waals surface area (Å²) in [4.78, 5) is 14.1. The summed E-state index contributed by atoms with van der Waals surface area (Å²) in [5.74, 6) is 0.0351. The van der Waals surface area contributed by atoms with Crippen LogP contribution in [0.5, 0.6) is 0 Å². The summed E-state index contributed by atoms with van der Waals surface area (Å²) >= 11 is 7.38. The number of rotatable bonds is 4. The average Bonchev–Trinajstić information content (AvgIpc) is 3.10. The molecule has 84 valence electrons. The molecule has 1 saturated heterocycles. The summed E-state index contributed by atoms with van der Waals surface area (Å²) in [6.07, 6.45) is 3.68. The average molecular weight is 254 g/mol. The summed E-state index contributed by atoms with van der Waals surface area (Å²) in [5.41, 5.74) is 0.679. The van der Waals surface area contributed by atoms with Gasteiger partial charge in [0.1, 0.15) is 0 Å². The molecule has 1 aliphatic heterocycles. The van der Waals surface area contributed by atoms with Crippen molar-refractivity contribution >= 4 is 29.1 Å². The van der Waals surface area contributed by atoms with E-state index in [0.717, 1.165) is 18.1 Å². The normalized spacial score (nSPS) is 15.1. The number of hydrogen-bond donors (Lipinski definition) is 0. The van der Waals surface area contributed by atoms with E-state index in [9.17, 15) is 4.79 Å². The van der Waals surface area contributed by atoms with E-state index in [-0.39, 0.29) is 5.78 Å². The Morgan fingerprint density at radius 1 is 1.38 bits per heavy atom. The quantitative estimate of drug-likeness (QED) is 0.467. The summed E-state index contributed by atoms with van der Waals surface area (Å²) in [5, 5.41) is 1.69. The molecule has 0 unspecified atom stereocenters. The molecule has 1 aliphatic rings. The lowest BCUT2D eigenvalue weighted by Crippen LogP contribution is -1.99. The molecule has 4 heteroatoms. The van der Waals surface area contributed by atoms with E-state index in [1.807, 2.05) is 6.26 Å². The molecule has 1 aromatic rings. The number of nitrogens with zero attached hydrogens (tertiary/aromatic N) is 1. The molecule has 16 heavy (non-hydrogen) atoms. The number of thioether (sulfide) groups is 1. The Hall–Kier alpha value is -0.930. The van der Waals surface area contributed by atoms with Crippen LogP contribution in [0, 0.1) is 0 Å². The van der Waals surface area contributed by atoms with E-state index in [2.05, 4.69) is 4.90 Å². The van der Waals surface area contributed by atoms with E-state index >= 15 is 0 Å². The van der Waals surface area contributed by atoms with Crippen LogP contribution in [0.1, 0.15) is 10.4 Å². The smallest absolute Gasteiger partial charge is 0.188 e. The number of ketones is 1. The standard InChI is InChI=1S/C12H12ClNOS/c1-16-12(14-6-7-14)8-11(15)9-2-4-10(13)5-3-9/h2-5,8H,6-7H2,1H3/b12-8-. The third-order valence-corrected chi connectivity index (χ3v) is 3.40. The van der Waals surface area contributed by atoms with Gasteiger partial charge in [-0.2, -0.15) is 0 Å². The maximum atomic E-state index is 11.9. The highest BCUT2D eigenvalue weighted by atomic mass is 35.5. The number of carbonyl (C=O) groups excluding carboxylic acids is 1. The van der Waals surface area contributed by atoms with Gasteiger partial charge in [0.25, 0.3) is 0 Å². The summed E-state index contributed by atoms with van der Waals surface area (Å²) in [6.45, 7) is 2.11. The van der Waals surface area contributed by atoms with Crippen molar-refractivity contribution in [3.05, 3.63) is 46.0 Å². The SMILES string of the molecule is CS/C(=C\C(=O)c1ccc(Cl)cc1)N1CC1. The van der Waals surface area contributed by atoms with Crippen LogP contribution < -0.4 is 0 Å². The van der Waals surface area contributed by atoms with Crippen LogP contribution in [-0.4, -0.2) is 30.0 Å². The Bertz CT molecular complexity index is 423. The van der Waals surface area contributed by atoms with Crippen molar-refractivity contribution in [1.29, 1.82) is 0 Å². The molecule has 0 spiro atoms. The molecule has 0 radical (unpaired) electrons. The minimum Gasteiger partial charge on any atom is -0.363 e. The lowest BCUT2D eigenvalue weighted by Gasteiger charge is -2.04. The molecular formula is C12H12ClNOS. The first-order valence-corrected chi connectivity index (χ1v) is 6.61. The summed E-state index contributed by atoms with van der Waals surface area (Å²) < 4.78 is 0. The molecular weight excluding hydrogens is 242 g/mol. The van der Waals surface area contributed by atoms with Gasteiger partial charge in [0.05, 0.1) is 5.03 Å². The van der Waals surface area contributed by atoms with Crippen molar-refractivity contribution in [3.63, 3.8) is 0 Å². The molecule has 2 nitrogen and oxygen atoms in total. The summed E-state index contributed by atoms with van der Waals surface area (Å²) in [7, 11) is 0. The van der Waals surface area contributed by atoms with Crippen LogP contribution in [-0.2, 0) is 0 Å². The minimum absolute atomic E-state index is 0.0351. The van der Waals surface area contributed by atoms with E-state index in [0.29, 0.717) is 10.6 Å². The lowest BCUT2D eigenvalue weighted by molar-refractivity contribution is 0.104. The van der Waals surface area contributed by atoms with E-state index in [1.54, 1.807) is 42.1 Å². The van der Waals surface area contributed by atoms with E-state index < -0.39 is 0 Å². The molecule has 1 aromatic carbocycles. The minimum atomic E-state index is 0.0351. The molecule has 0 aromatic heterocycles. The van der Waals surface area contributed by atoms with Gasteiger partial charge in [-0.1, -0.05) is 11.6 Å². The first-order chi connectivity index (χ1) is 7.70. The van der Waals surface area contributed by atoms with Crippen LogP contribution in [0.3, 0.4) is 0 Å². The van der Waals surface area contributed by atoms with Crippen molar-refractivity contribution in [3.8, 4) is 0 Å². The zero-order chi connectivity index (χ0) is 11.5. The molecule has 0 atom stereocenters. The number of halogens is 1. The maximum absolute atomic E-state index is 11.9. The Morgan fingerprint density at radius 2 is 2.00 bits per heavy atom. The van der Waals surface area contributed by atoms with Gasteiger partial charge in [0.15, 0.2) is 5.78 Å². The van der Waals surface area contributed by atoms with Crippen LogP contribution >= 0.6 is 23.4 Å². The molecule has 2 rings (SSSR count). The topological polar surface area (TPSA) is 20.1 Å². The highest BCUT2D eigenvalue weighted by molar-refractivity contribution is 8.02. The second-order valence-electron chi connectivity index (χ2n) is 3.54. The fraction of sp³-hybridized carbons (Fsp3) is 0.250. The van der Waals surface area contributed by atoms with Gasteiger partial charge in [-0.25, -0.2) is 0 Å². The van der Waals surface area contributed by atoms with Crippen LogP contribution in [0.4, 0.5) is 0 Å². The number of hydrogen-bond acceptors (Lipinski definition) is 3. The highest BCUT2D eigenvalue weighted by Crippen LogP contribution is 2.24. The second-order valence-corrected chi connectivity index (χ2v) is 4.81. The molecule has 1 heterocycles. The molecule has 0 N–H and O–H groups in total.